The van der Waals surface area contributed by atoms with Gasteiger partial charge in [0.15, 0.2) is 0 Å². The van der Waals surface area contributed by atoms with Crippen LogP contribution in [0.5, 0.6) is 0 Å². The van der Waals surface area contributed by atoms with Gasteiger partial charge < -0.3 is 9.80 Å². The van der Waals surface area contributed by atoms with Gasteiger partial charge in [-0.25, -0.2) is 4.98 Å². The first-order chi connectivity index (χ1) is 12.2. The van der Waals surface area contributed by atoms with Gasteiger partial charge in [0, 0.05) is 42.8 Å². The first-order valence-corrected chi connectivity index (χ1v) is 9.17. The molecule has 0 aliphatic carbocycles. The van der Waals surface area contributed by atoms with Crippen molar-refractivity contribution in [1.82, 2.24) is 9.88 Å². The summed E-state index contributed by atoms with van der Waals surface area (Å²) in [5, 5.41) is 1.25. The first-order valence-electron chi connectivity index (χ1n) is 9.17. The van der Waals surface area contributed by atoms with Crippen LogP contribution < -0.4 is 4.90 Å². The van der Waals surface area contributed by atoms with Gasteiger partial charge in [0.05, 0.1) is 11.2 Å². The van der Waals surface area contributed by atoms with Crippen LogP contribution in [0.3, 0.4) is 0 Å². The van der Waals surface area contributed by atoms with E-state index in [0.717, 1.165) is 43.8 Å². The van der Waals surface area contributed by atoms with Crippen LogP contribution >= 0.6 is 17.0 Å². The third-order valence-electron chi connectivity index (χ3n) is 5.20. The third-order valence-corrected chi connectivity index (χ3v) is 5.20. The summed E-state index contributed by atoms with van der Waals surface area (Å²) in [6.45, 7) is 6.54. The van der Waals surface area contributed by atoms with Crippen LogP contribution in [0.4, 0.5) is 5.69 Å². The molecule has 2 heterocycles. The highest BCUT2D eigenvalue weighted by Crippen LogP contribution is 2.31. The van der Waals surface area contributed by atoms with Crippen molar-refractivity contribution in [3.05, 3.63) is 60.2 Å². The molecule has 1 aliphatic heterocycles. The number of hydrogen-bond acceptors (Lipinski definition) is 3. The number of fused-ring (bicyclic) bond motifs is 1. The van der Waals surface area contributed by atoms with Gasteiger partial charge in [-0.1, -0.05) is 49.4 Å². The van der Waals surface area contributed by atoms with E-state index in [2.05, 4.69) is 78.4 Å². The van der Waals surface area contributed by atoms with Crippen molar-refractivity contribution in [2.45, 2.75) is 13.3 Å². The number of hydrogen-bond donors (Lipinski definition) is 0. The fraction of sp³-hybridized carbons (Fsp3) is 0.318. The number of pyridine rings is 1. The minimum atomic E-state index is 0. The number of aromatic nitrogens is 1. The second-order valence-corrected chi connectivity index (χ2v) is 6.88. The van der Waals surface area contributed by atoms with Crippen LogP contribution in [-0.4, -0.2) is 43.1 Å². The molecule has 0 spiro atoms. The molecule has 0 saturated carbocycles. The Hall–Kier alpha value is -1.91. The van der Waals surface area contributed by atoms with Gasteiger partial charge in [0.2, 0.25) is 0 Å². The highest BCUT2D eigenvalue weighted by atomic mass is 79.9. The van der Waals surface area contributed by atoms with E-state index < -0.39 is 0 Å². The van der Waals surface area contributed by atoms with Crippen molar-refractivity contribution in [2.75, 3.05) is 38.1 Å². The molecule has 136 valence electrons. The summed E-state index contributed by atoms with van der Waals surface area (Å²) < 4.78 is 0. The lowest BCUT2D eigenvalue weighted by molar-refractivity contribution is 0.313. The summed E-state index contributed by atoms with van der Waals surface area (Å²) in [6.07, 6.45) is 1.07. The van der Waals surface area contributed by atoms with Gasteiger partial charge in [-0.05, 0) is 31.2 Å². The smallest absolute Gasteiger partial charge is 0.0730 e. The molecule has 26 heavy (non-hydrogen) atoms. The molecule has 0 unspecified atom stereocenters. The van der Waals surface area contributed by atoms with Gasteiger partial charge in [0.1, 0.15) is 0 Å². The van der Waals surface area contributed by atoms with Crippen LogP contribution in [0.15, 0.2) is 54.6 Å². The SMILES string of the molecule is Br.CCc1ccc(-c2cc(N3CCN(C)CC3)c3ccccc3n2)cc1. The normalized spacial score (nSPS) is 15.1. The van der Waals surface area contributed by atoms with E-state index in [0.29, 0.717) is 0 Å². The number of halogens is 1. The van der Waals surface area contributed by atoms with Gasteiger partial charge in [-0.2, -0.15) is 0 Å². The number of likely N-dealkylation sites (N-methyl/N-ethyl adjacent to an activating group) is 1. The molecule has 0 atom stereocenters. The second kappa shape index (κ2) is 8.19. The molecule has 3 nitrogen and oxygen atoms in total. The van der Waals surface area contributed by atoms with Crippen molar-refractivity contribution < 1.29 is 0 Å². The number of nitrogens with zero attached hydrogens (tertiary/aromatic N) is 3. The van der Waals surface area contributed by atoms with Crippen LogP contribution in [-0.2, 0) is 6.42 Å². The van der Waals surface area contributed by atoms with Crippen LogP contribution in [0.1, 0.15) is 12.5 Å². The van der Waals surface area contributed by atoms with Crippen molar-refractivity contribution in [1.29, 1.82) is 0 Å². The molecule has 1 fully saturated rings. The minimum Gasteiger partial charge on any atom is -0.368 e. The highest BCUT2D eigenvalue weighted by molar-refractivity contribution is 8.93. The molecule has 0 bridgehead atoms. The van der Waals surface area contributed by atoms with Crippen LogP contribution in [0.2, 0.25) is 0 Å². The standard InChI is InChI=1S/C22H25N3.BrH/c1-3-17-8-10-18(11-9-17)21-16-22(25-14-12-24(2)13-15-25)19-6-4-5-7-20(19)23-21;/h4-11,16H,3,12-15H2,1-2H3;1H. The summed E-state index contributed by atoms with van der Waals surface area (Å²) in [4.78, 5) is 9.84. The minimum absolute atomic E-state index is 0. The van der Waals surface area contributed by atoms with Crippen molar-refractivity contribution in [2.24, 2.45) is 0 Å². The first kappa shape index (κ1) is 18.9. The van der Waals surface area contributed by atoms with Gasteiger partial charge in [-0.15, -0.1) is 17.0 Å². The number of benzene rings is 2. The summed E-state index contributed by atoms with van der Waals surface area (Å²) in [6, 6.07) is 19.6. The lowest BCUT2D eigenvalue weighted by Gasteiger charge is -2.34. The molecule has 1 aromatic heterocycles. The predicted octanol–water partition coefficient (Wildman–Crippen LogP) is 4.79. The van der Waals surface area contributed by atoms with E-state index in [1.54, 1.807) is 0 Å². The number of aryl methyl sites for hydroxylation is 1. The molecule has 0 N–H and O–H groups in total. The monoisotopic (exact) mass is 411 g/mol. The summed E-state index contributed by atoms with van der Waals surface area (Å²) in [5.41, 5.74) is 6.01. The highest BCUT2D eigenvalue weighted by Gasteiger charge is 2.18. The lowest BCUT2D eigenvalue weighted by Crippen LogP contribution is -2.44. The van der Waals surface area contributed by atoms with E-state index in [1.165, 1.54) is 22.2 Å². The van der Waals surface area contributed by atoms with Crippen molar-refractivity contribution in [3.8, 4) is 11.3 Å². The summed E-state index contributed by atoms with van der Waals surface area (Å²) in [7, 11) is 2.20. The Morgan fingerprint density at radius 2 is 1.62 bits per heavy atom. The zero-order chi connectivity index (χ0) is 17.2. The van der Waals surface area contributed by atoms with Gasteiger partial charge in [-0.3, -0.25) is 0 Å². The molecule has 2 aromatic carbocycles. The Bertz CT molecular complexity index is 868. The molecule has 3 aromatic rings. The second-order valence-electron chi connectivity index (χ2n) is 6.88. The van der Waals surface area contributed by atoms with E-state index in [1.807, 2.05) is 0 Å². The summed E-state index contributed by atoms with van der Waals surface area (Å²) in [5.74, 6) is 0. The van der Waals surface area contributed by atoms with Crippen LogP contribution in [0, 0.1) is 0 Å². The fourth-order valence-electron chi connectivity index (χ4n) is 3.53. The maximum Gasteiger partial charge on any atom is 0.0730 e. The van der Waals surface area contributed by atoms with Crippen molar-refractivity contribution >= 4 is 33.6 Å². The predicted molar refractivity (Wildman–Crippen MR) is 117 cm³/mol. The molecule has 4 rings (SSSR count). The molecular formula is C22H26BrN3. The van der Waals surface area contributed by atoms with E-state index in [9.17, 15) is 0 Å². The van der Waals surface area contributed by atoms with E-state index >= 15 is 0 Å². The van der Waals surface area contributed by atoms with Crippen LogP contribution in [0.25, 0.3) is 22.2 Å². The van der Waals surface area contributed by atoms with Gasteiger partial charge >= 0.3 is 0 Å². The third kappa shape index (κ3) is 3.76. The van der Waals surface area contributed by atoms with Gasteiger partial charge in [0.25, 0.3) is 0 Å². The maximum atomic E-state index is 4.93. The maximum absolute atomic E-state index is 4.93. The lowest BCUT2D eigenvalue weighted by atomic mass is 10.0. The molecule has 0 amide bonds. The molecule has 1 saturated heterocycles. The molecule has 1 aliphatic rings. The Kier molecular flexibility index (Phi) is 5.94. The average Bonchev–Trinajstić information content (AvgIpc) is 2.68. The zero-order valence-corrected chi connectivity index (χ0v) is 17.2. The average molecular weight is 412 g/mol. The molecule has 4 heteroatoms. The molecular weight excluding hydrogens is 386 g/mol. The van der Waals surface area contributed by atoms with Crippen molar-refractivity contribution in [3.63, 3.8) is 0 Å². The van der Waals surface area contributed by atoms with E-state index in [-0.39, 0.29) is 17.0 Å². The number of piperazine rings is 1. The fourth-order valence-corrected chi connectivity index (χ4v) is 3.53. The van der Waals surface area contributed by atoms with E-state index in [4.69, 9.17) is 4.98 Å². The summed E-state index contributed by atoms with van der Waals surface area (Å²) >= 11 is 0. The Morgan fingerprint density at radius 3 is 2.31 bits per heavy atom. The topological polar surface area (TPSA) is 19.4 Å². The number of para-hydroxylation sites is 1. The Balaban J connectivity index is 0.00000196. The largest absolute Gasteiger partial charge is 0.368 e. The Morgan fingerprint density at radius 1 is 0.923 bits per heavy atom. The molecule has 0 radical (unpaired) electrons. The Labute approximate surface area is 166 Å². The number of rotatable bonds is 3. The zero-order valence-electron chi connectivity index (χ0n) is 15.5. The quantitative estimate of drug-likeness (QED) is 0.617. The number of anilines is 1.